The van der Waals surface area contributed by atoms with E-state index in [4.69, 9.17) is 10.5 Å². The molecule has 1 aliphatic heterocycles. The molecule has 2 fully saturated rings. The van der Waals surface area contributed by atoms with Crippen LogP contribution in [-0.2, 0) is 9.53 Å². The molecule has 2 aliphatic rings. The van der Waals surface area contributed by atoms with Crippen LogP contribution in [-0.4, -0.2) is 53.9 Å². The van der Waals surface area contributed by atoms with Crippen molar-refractivity contribution in [2.45, 2.75) is 56.6 Å². The first-order chi connectivity index (χ1) is 9.39. The van der Waals surface area contributed by atoms with Gasteiger partial charge < -0.3 is 20.5 Å². The van der Waals surface area contributed by atoms with Crippen molar-refractivity contribution in [2.24, 2.45) is 11.7 Å². The van der Waals surface area contributed by atoms with Gasteiger partial charge in [-0.25, -0.2) is 0 Å². The molecule has 116 valence electrons. The monoisotopic (exact) mass is 284 g/mol. The molecule has 5 nitrogen and oxygen atoms in total. The molecule has 3 N–H and O–H groups in total. The van der Waals surface area contributed by atoms with Crippen LogP contribution in [0.2, 0.25) is 0 Å². The van der Waals surface area contributed by atoms with Crippen molar-refractivity contribution in [3.05, 3.63) is 0 Å². The van der Waals surface area contributed by atoms with Gasteiger partial charge in [0.05, 0.1) is 5.60 Å². The Bertz CT molecular complexity index is 363. The lowest BCUT2D eigenvalue weighted by Gasteiger charge is -2.40. The molecule has 5 heteroatoms. The number of methoxy groups -OCH3 is 1. The maximum atomic E-state index is 11.4. The van der Waals surface area contributed by atoms with Crippen molar-refractivity contribution < 1.29 is 14.6 Å². The second-order valence-electron chi connectivity index (χ2n) is 6.76. The van der Waals surface area contributed by atoms with Gasteiger partial charge in [0.1, 0.15) is 5.54 Å². The average molecular weight is 284 g/mol. The maximum absolute atomic E-state index is 11.4. The molecule has 0 aromatic heterocycles. The molecule has 1 aliphatic carbocycles. The zero-order valence-electron chi connectivity index (χ0n) is 12.7. The summed E-state index contributed by atoms with van der Waals surface area (Å²) in [6, 6.07) is 0. The summed E-state index contributed by atoms with van der Waals surface area (Å²) in [5.74, 6) is -0.726. The third-order valence-corrected chi connectivity index (χ3v) is 5.29. The zero-order valence-corrected chi connectivity index (χ0v) is 12.7. The molecule has 3 unspecified atom stereocenters. The normalized spacial score (nSPS) is 39.0. The van der Waals surface area contributed by atoms with Gasteiger partial charge in [0.15, 0.2) is 0 Å². The first kappa shape index (κ1) is 15.7. The summed E-state index contributed by atoms with van der Waals surface area (Å²) in [6.07, 6.45) is 5.61. The second-order valence-corrected chi connectivity index (χ2v) is 6.76. The molecule has 2 rings (SSSR count). The van der Waals surface area contributed by atoms with E-state index >= 15 is 0 Å². The number of carbonyl (C=O) groups is 1. The average Bonchev–Trinajstić information content (AvgIpc) is 2.79. The third kappa shape index (κ3) is 3.15. The van der Waals surface area contributed by atoms with E-state index in [0.717, 1.165) is 51.7 Å². The minimum atomic E-state index is -1.000. The fourth-order valence-corrected chi connectivity index (χ4v) is 3.79. The predicted molar refractivity (Wildman–Crippen MR) is 77.6 cm³/mol. The number of hydrogen-bond acceptors (Lipinski definition) is 4. The Balaban J connectivity index is 1.87. The molecule has 0 radical (unpaired) electrons. The molecule has 0 spiro atoms. The first-order valence-corrected chi connectivity index (χ1v) is 7.69. The molecular weight excluding hydrogens is 256 g/mol. The highest BCUT2D eigenvalue weighted by Gasteiger charge is 2.45. The van der Waals surface area contributed by atoms with Gasteiger partial charge >= 0.3 is 5.97 Å². The van der Waals surface area contributed by atoms with Crippen molar-refractivity contribution in [1.29, 1.82) is 0 Å². The van der Waals surface area contributed by atoms with E-state index in [1.54, 1.807) is 7.11 Å². The lowest BCUT2D eigenvalue weighted by Crippen LogP contribution is -2.52. The number of carboxylic acid groups (broad SMARTS) is 1. The van der Waals surface area contributed by atoms with Gasteiger partial charge in [-0.2, -0.15) is 0 Å². The predicted octanol–water partition coefficient (Wildman–Crippen LogP) is 1.46. The van der Waals surface area contributed by atoms with E-state index in [-0.39, 0.29) is 11.5 Å². The van der Waals surface area contributed by atoms with Crippen LogP contribution in [0.3, 0.4) is 0 Å². The van der Waals surface area contributed by atoms with Crippen LogP contribution in [0.1, 0.15) is 45.4 Å². The second kappa shape index (κ2) is 6.00. The molecule has 0 aromatic carbocycles. The zero-order chi connectivity index (χ0) is 14.8. The highest BCUT2D eigenvalue weighted by molar-refractivity contribution is 5.79. The van der Waals surface area contributed by atoms with Crippen LogP contribution in [0.25, 0.3) is 0 Å². The van der Waals surface area contributed by atoms with Gasteiger partial charge in [-0.15, -0.1) is 0 Å². The number of aliphatic carboxylic acids is 1. The van der Waals surface area contributed by atoms with Crippen LogP contribution < -0.4 is 5.73 Å². The van der Waals surface area contributed by atoms with E-state index < -0.39 is 11.5 Å². The Labute approximate surface area is 121 Å². The van der Waals surface area contributed by atoms with E-state index in [1.807, 2.05) is 0 Å². The van der Waals surface area contributed by atoms with Gasteiger partial charge in [0.25, 0.3) is 0 Å². The topological polar surface area (TPSA) is 75.8 Å². The van der Waals surface area contributed by atoms with Gasteiger partial charge in [0.2, 0.25) is 0 Å². The Hall–Kier alpha value is -0.650. The van der Waals surface area contributed by atoms with Crippen molar-refractivity contribution in [2.75, 3.05) is 26.7 Å². The van der Waals surface area contributed by atoms with E-state index in [0.29, 0.717) is 6.42 Å². The quantitative estimate of drug-likeness (QED) is 0.799. The summed E-state index contributed by atoms with van der Waals surface area (Å²) < 4.78 is 5.60. The third-order valence-electron chi connectivity index (χ3n) is 5.29. The smallest absolute Gasteiger partial charge is 0.323 e. The Morgan fingerprint density at radius 1 is 1.45 bits per heavy atom. The number of nitrogens with zero attached hydrogens (tertiary/aromatic N) is 1. The van der Waals surface area contributed by atoms with Crippen molar-refractivity contribution in [1.82, 2.24) is 4.90 Å². The summed E-state index contributed by atoms with van der Waals surface area (Å²) in [6.45, 7) is 5.09. The van der Waals surface area contributed by atoms with Crippen LogP contribution in [0, 0.1) is 5.92 Å². The van der Waals surface area contributed by atoms with Crippen LogP contribution in [0.4, 0.5) is 0 Å². The molecule has 0 amide bonds. The molecule has 20 heavy (non-hydrogen) atoms. The SMILES string of the molecule is COC1(C)CCCN(CCC2CCCC2(N)C(=O)O)C1. The Morgan fingerprint density at radius 3 is 2.85 bits per heavy atom. The van der Waals surface area contributed by atoms with E-state index in [1.165, 1.54) is 0 Å². The van der Waals surface area contributed by atoms with Crippen LogP contribution in [0.5, 0.6) is 0 Å². The lowest BCUT2D eigenvalue weighted by molar-refractivity contribution is -0.145. The molecule has 0 bridgehead atoms. The van der Waals surface area contributed by atoms with Crippen LogP contribution >= 0.6 is 0 Å². The summed E-state index contributed by atoms with van der Waals surface area (Å²) in [5, 5.41) is 9.34. The molecule has 0 aromatic rings. The largest absolute Gasteiger partial charge is 0.480 e. The first-order valence-electron chi connectivity index (χ1n) is 7.69. The highest BCUT2D eigenvalue weighted by Crippen LogP contribution is 2.36. The fourth-order valence-electron chi connectivity index (χ4n) is 3.79. The lowest BCUT2D eigenvalue weighted by atomic mass is 9.85. The Morgan fingerprint density at radius 2 is 2.20 bits per heavy atom. The van der Waals surface area contributed by atoms with Gasteiger partial charge in [0, 0.05) is 13.7 Å². The molecular formula is C15H28N2O3. The number of hydrogen-bond donors (Lipinski definition) is 2. The number of likely N-dealkylation sites (tertiary alicyclic amines) is 1. The standard InChI is InChI=1S/C15H28N2O3/c1-14(20-2)7-4-9-17(11-14)10-6-12-5-3-8-15(12,16)13(18)19/h12H,3-11,16H2,1-2H3,(H,18,19). The minimum Gasteiger partial charge on any atom is -0.480 e. The summed E-state index contributed by atoms with van der Waals surface area (Å²) in [5.41, 5.74) is 5.04. The minimum absolute atomic E-state index is 0.0550. The molecule has 1 saturated heterocycles. The Kier molecular flexibility index (Phi) is 4.72. The summed E-state index contributed by atoms with van der Waals surface area (Å²) >= 11 is 0. The van der Waals surface area contributed by atoms with Gasteiger partial charge in [-0.3, -0.25) is 4.79 Å². The number of piperidine rings is 1. The molecule has 1 saturated carbocycles. The van der Waals surface area contributed by atoms with Gasteiger partial charge in [-0.1, -0.05) is 6.42 Å². The highest BCUT2D eigenvalue weighted by atomic mass is 16.5. The van der Waals surface area contributed by atoms with E-state index in [9.17, 15) is 9.90 Å². The van der Waals surface area contributed by atoms with E-state index in [2.05, 4.69) is 11.8 Å². The van der Waals surface area contributed by atoms with Crippen molar-refractivity contribution in [3.63, 3.8) is 0 Å². The fraction of sp³-hybridized carbons (Fsp3) is 0.933. The number of ether oxygens (including phenoxy) is 1. The number of nitrogens with two attached hydrogens (primary N) is 1. The number of carboxylic acids is 1. The summed E-state index contributed by atoms with van der Waals surface area (Å²) in [4.78, 5) is 13.8. The maximum Gasteiger partial charge on any atom is 0.323 e. The van der Waals surface area contributed by atoms with Crippen LogP contribution in [0.15, 0.2) is 0 Å². The summed E-state index contributed by atoms with van der Waals surface area (Å²) in [7, 11) is 1.77. The van der Waals surface area contributed by atoms with Gasteiger partial charge in [-0.05, 0) is 58.0 Å². The number of rotatable bonds is 5. The molecule has 1 heterocycles. The van der Waals surface area contributed by atoms with Crippen molar-refractivity contribution >= 4 is 5.97 Å². The molecule has 3 atom stereocenters. The van der Waals surface area contributed by atoms with Crippen molar-refractivity contribution in [3.8, 4) is 0 Å².